The van der Waals surface area contributed by atoms with Gasteiger partial charge in [0.15, 0.2) is 0 Å². The van der Waals surface area contributed by atoms with Crippen LogP contribution in [0.5, 0.6) is 11.5 Å². The first-order valence-corrected chi connectivity index (χ1v) is 5.59. The molecule has 4 heteroatoms. The normalized spacial score (nSPS) is 22.8. The average Bonchev–Trinajstić information content (AvgIpc) is 2.26. The minimum Gasteiger partial charge on any atom is -0.508 e. The topological polar surface area (TPSA) is 66.8 Å². The molecule has 0 radical (unpaired) electrons. The third kappa shape index (κ3) is 1.73. The number of rotatable bonds is 1. The van der Waals surface area contributed by atoms with Crippen molar-refractivity contribution < 1.29 is 19.7 Å². The van der Waals surface area contributed by atoms with Gasteiger partial charge in [0.2, 0.25) is 5.60 Å². The van der Waals surface area contributed by atoms with Crippen LogP contribution in [0.2, 0.25) is 0 Å². The van der Waals surface area contributed by atoms with Crippen molar-refractivity contribution in [3.63, 3.8) is 0 Å². The lowest BCUT2D eigenvalue weighted by atomic mass is 9.89. The fraction of sp³-hybridized carbons (Fsp3) is 0.462. The number of benzene rings is 1. The molecule has 1 unspecified atom stereocenters. The second-order valence-corrected chi connectivity index (χ2v) is 4.78. The predicted molar refractivity (Wildman–Crippen MR) is 62.6 cm³/mol. The molecule has 1 aromatic rings. The van der Waals surface area contributed by atoms with Gasteiger partial charge in [0.1, 0.15) is 11.5 Å². The molecule has 0 bridgehead atoms. The molecule has 0 spiro atoms. The first-order chi connectivity index (χ1) is 7.85. The van der Waals surface area contributed by atoms with Crippen molar-refractivity contribution in [3.05, 3.63) is 22.8 Å². The number of ether oxygens (including phenoxy) is 1. The Labute approximate surface area is 99.8 Å². The van der Waals surface area contributed by atoms with Crippen molar-refractivity contribution in [2.45, 2.75) is 39.2 Å². The van der Waals surface area contributed by atoms with E-state index < -0.39 is 11.6 Å². The Morgan fingerprint density at radius 3 is 2.71 bits per heavy atom. The lowest BCUT2D eigenvalue weighted by molar-refractivity contribution is -0.155. The van der Waals surface area contributed by atoms with E-state index in [1.807, 2.05) is 13.8 Å². The molecule has 1 aromatic carbocycles. The number of aryl methyl sites for hydroxylation is 1. The molecule has 92 valence electrons. The third-order valence-electron chi connectivity index (χ3n) is 3.45. The summed E-state index contributed by atoms with van der Waals surface area (Å²) in [6, 6.07) is 1.61. The Kier molecular flexibility index (Phi) is 2.53. The molecule has 2 N–H and O–H groups in total. The number of phenolic OH excluding ortho intramolecular Hbond substituents is 1. The van der Waals surface area contributed by atoms with E-state index in [-0.39, 0.29) is 5.75 Å². The van der Waals surface area contributed by atoms with Gasteiger partial charge in [0.25, 0.3) is 0 Å². The van der Waals surface area contributed by atoms with Crippen LogP contribution < -0.4 is 4.74 Å². The van der Waals surface area contributed by atoms with E-state index in [1.165, 1.54) is 0 Å². The fourth-order valence-corrected chi connectivity index (χ4v) is 2.18. The van der Waals surface area contributed by atoms with E-state index in [9.17, 15) is 9.90 Å². The molecule has 0 aromatic heterocycles. The van der Waals surface area contributed by atoms with E-state index in [2.05, 4.69) is 0 Å². The van der Waals surface area contributed by atoms with E-state index >= 15 is 0 Å². The molecule has 1 aliphatic rings. The molecular formula is C13H16O4. The van der Waals surface area contributed by atoms with Gasteiger partial charge in [0.05, 0.1) is 0 Å². The monoisotopic (exact) mass is 236 g/mol. The number of aromatic hydroxyl groups is 1. The van der Waals surface area contributed by atoms with Gasteiger partial charge in [-0.15, -0.1) is 0 Å². The van der Waals surface area contributed by atoms with E-state index in [0.717, 1.165) is 16.7 Å². The molecular weight excluding hydrogens is 220 g/mol. The first kappa shape index (κ1) is 11.8. The van der Waals surface area contributed by atoms with E-state index in [4.69, 9.17) is 9.84 Å². The number of carbonyl (C=O) groups is 1. The molecule has 0 fully saturated rings. The Bertz CT molecular complexity index is 493. The smallest absolute Gasteiger partial charge is 0.347 e. The number of aliphatic carboxylic acids is 1. The number of hydrogen-bond donors (Lipinski definition) is 2. The van der Waals surface area contributed by atoms with Crippen LogP contribution in [0.15, 0.2) is 6.07 Å². The summed E-state index contributed by atoms with van der Waals surface area (Å²) in [4.78, 5) is 11.2. The van der Waals surface area contributed by atoms with Crippen LogP contribution in [0, 0.1) is 13.8 Å². The maximum absolute atomic E-state index is 11.2. The van der Waals surface area contributed by atoms with Crippen LogP contribution in [-0.2, 0) is 11.2 Å². The molecule has 4 nitrogen and oxygen atoms in total. The van der Waals surface area contributed by atoms with Crippen LogP contribution in [0.4, 0.5) is 0 Å². The second-order valence-electron chi connectivity index (χ2n) is 4.78. The van der Waals surface area contributed by atoms with E-state index in [1.54, 1.807) is 13.0 Å². The third-order valence-corrected chi connectivity index (χ3v) is 3.45. The summed E-state index contributed by atoms with van der Waals surface area (Å²) in [7, 11) is 0. The van der Waals surface area contributed by atoms with Gasteiger partial charge >= 0.3 is 5.97 Å². The highest BCUT2D eigenvalue weighted by Gasteiger charge is 2.40. The van der Waals surface area contributed by atoms with Crippen molar-refractivity contribution >= 4 is 5.97 Å². The molecule has 0 saturated heterocycles. The van der Waals surface area contributed by atoms with Crippen molar-refractivity contribution in [2.24, 2.45) is 0 Å². The van der Waals surface area contributed by atoms with Gasteiger partial charge in [-0.3, -0.25) is 0 Å². The Hall–Kier alpha value is -1.71. The second kappa shape index (κ2) is 3.65. The molecule has 0 amide bonds. The molecule has 0 saturated carbocycles. The van der Waals surface area contributed by atoms with Gasteiger partial charge in [0, 0.05) is 12.0 Å². The minimum absolute atomic E-state index is 0.240. The largest absolute Gasteiger partial charge is 0.508 e. The Morgan fingerprint density at radius 1 is 1.47 bits per heavy atom. The molecule has 17 heavy (non-hydrogen) atoms. The van der Waals surface area contributed by atoms with Crippen LogP contribution in [0.3, 0.4) is 0 Å². The Balaban J connectivity index is 2.53. The molecule has 2 rings (SSSR count). The van der Waals surface area contributed by atoms with Crippen molar-refractivity contribution in [1.29, 1.82) is 0 Å². The van der Waals surface area contributed by atoms with Gasteiger partial charge in [-0.05, 0) is 44.4 Å². The lowest BCUT2D eigenvalue weighted by Gasteiger charge is -2.34. The molecule has 1 heterocycles. The summed E-state index contributed by atoms with van der Waals surface area (Å²) in [5, 5.41) is 18.9. The summed E-state index contributed by atoms with van der Waals surface area (Å²) in [5.74, 6) is -0.103. The summed E-state index contributed by atoms with van der Waals surface area (Å²) >= 11 is 0. The van der Waals surface area contributed by atoms with Crippen LogP contribution in [0.25, 0.3) is 0 Å². The molecule has 1 aliphatic heterocycles. The lowest BCUT2D eigenvalue weighted by Crippen LogP contribution is -2.44. The minimum atomic E-state index is -1.17. The summed E-state index contributed by atoms with van der Waals surface area (Å²) in [6.45, 7) is 5.21. The maximum atomic E-state index is 11.2. The first-order valence-electron chi connectivity index (χ1n) is 5.59. The zero-order valence-corrected chi connectivity index (χ0v) is 10.2. The van der Waals surface area contributed by atoms with Gasteiger partial charge in [-0.1, -0.05) is 0 Å². The average molecular weight is 236 g/mol. The van der Waals surface area contributed by atoms with Crippen molar-refractivity contribution in [2.75, 3.05) is 0 Å². The van der Waals surface area contributed by atoms with E-state index in [0.29, 0.717) is 18.6 Å². The zero-order chi connectivity index (χ0) is 12.8. The fourth-order valence-electron chi connectivity index (χ4n) is 2.18. The number of phenols is 1. The highest BCUT2D eigenvalue weighted by molar-refractivity contribution is 5.78. The number of carboxylic acids is 1. The Morgan fingerprint density at radius 2 is 2.12 bits per heavy atom. The number of fused-ring (bicyclic) bond motifs is 1. The standard InChI is InChI=1S/C13H16O4/c1-7-6-10(14)8(2)9-4-5-13(3,12(15)16)17-11(7)9/h6,14H,4-5H2,1-3H3,(H,15,16). The van der Waals surface area contributed by atoms with Crippen molar-refractivity contribution in [3.8, 4) is 11.5 Å². The highest BCUT2D eigenvalue weighted by atomic mass is 16.5. The SMILES string of the molecule is Cc1cc(O)c(C)c2c1OC(C)(C(=O)O)CC2. The molecule has 0 aliphatic carbocycles. The summed E-state index contributed by atoms with van der Waals surface area (Å²) < 4.78 is 5.64. The summed E-state index contributed by atoms with van der Waals surface area (Å²) in [5.41, 5.74) is 1.30. The number of carboxylic acid groups (broad SMARTS) is 1. The van der Waals surface area contributed by atoms with Crippen LogP contribution in [0.1, 0.15) is 30.0 Å². The van der Waals surface area contributed by atoms with Gasteiger partial charge in [-0.25, -0.2) is 4.79 Å². The quantitative estimate of drug-likeness (QED) is 0.784. The maximum Gasteiger partial charge on any atom is 0.347 e. The summed E-state index contributed by atoms with van der Waals surface area (Å²) in [6.07, 6.45) is 1.03. The van der Waals surface area contributed by atoms with Crippen LogP contribution in [-0.4, -0.2) is 21.8 Å². The highest BCUT2D eigenvalue weighted by Crippen LogP contribution is 2.40. The van der Waals surface area contributed by atoms with Gasteiger partial charge in [-0.2, -0.15) is 0 Å². The van der Waals surface area contributed by atoms with Gasteiger partial charge < -0.3 is 14.9 Å². The zero-order valence-electron chi connectivity index (χ0n) is 10.2. The predicted octanol–water partition coefficient (Wildman–Crippen LogP) is 2.18. The number of hydrogen-bond acceptors (Lipinski definition) is 3. The van der Waals surface area contributed by atoms with Crippen LogP contribution >= 0.6 is 0 Å². The molecule has 1 atom stereocenters. The van der Waals surface area contributed by atoms with Crippen molar-refractivity contribution in [1.82, 2.24) is 0 Å².